The molecule has 0 aliphatic heterocycles. The van der Waals surface area contributed by atoms with Gasteiger partial charge in [0.25, 0.3) is 11.1 Å². The minimum absolute atomic E-state index is 0.0538. The van der Waals surface area contributed by atoms with Crippen LogP contribution in [0.2, 0.25) is 0 Å². The second-order valence-corrected chi connectivity index (χ2v) is 10.7. The number of para-hydroxylation sites is 4. The second kappa shape index (κ2) is 13.8. The van der Waals surface area contributed by atoms with Gasteiger partial charge in [0.2, 0.25) is 0 Å². The van der Waals surface area contributed by atoms with E-state index >= 15 is 0 Å². The molecule has 0 saturated heterocycles. The Kier molecular flexibility index (Phi) is 8.60. The molecule has 48 heavy (non-hydrogen) atoms. The molecule has 2 heterocycles. The molecular formula is C38H28N6O4. The summed E-state index contributed by atoms with van der Waals surface area (Å²) in [7, 11) is 0. The lowest BCUT2D eigenvalue weighted by Gasteiger charge is -2.11. The Morgan fingerprint density at radius 1 is 0.500 bits per heavy atom. The zero-order chi connectivity index (χ0) is 32.7. The quantitative estimate of drug-likeness (QED) is 0.170. The molecule has 0 bridgehead atoms. The van der Waals surface area contributed by atoms with Gasteiger partial charge in [-0.15, -0.1) is 0 Å². The fourth-order valence-electron chi connectivity index (χ4n) is 5.01. The molecule has 0 unspecified atom stereocenters. The van der Waals surface area contributed by atoms with Gasteiger partial charge >= 0.3 is 0 Å². The van der Waals surface area contributed by atoms with E-state index in [4.69, 9.17) is 9.47 Å². The summed E-state index contributed by atoms with van der Waals surface area (Å²) in [5.41, 5.74) is 2.02. The number of aromatic nitrogens is 4. The third-order valence-corrected chi connectivity index (χ3v) is 7.44. The first-order chi connectivity index (χ1) is 23.6. The molecule has 0 saturated carbocycles. The molecular weight excluding hydrogens is 604 g/mol. The lowest BCUT2D eigenvalue weighted by molar-refractivity contribution is 0.289. The average molecular weight is 633 g/mol. The maximum Gasteiger partial charge on any atom is 0.282 e. The van der Waals surface area contributed by atoms with Gasteiger partial charge in [0.1, 0.15) is 24.7 Å². The molecule has 10 heteroatoms. The van der Waals surface area contributed by atoms with E-state index in [-0.39, 0.29) is 24.3 Å². The average Bonchev–Trinajstić information content (AvgIpc) is 3.14. The smallest absolute Gasteiger partial charge is 0.282 e. The largest absolute Gasteiger partial charge is 0.486 e. The van der Waals surface area contributed by atoms with Crippen molar-refractivity contribution < 1.29 is 9.47 Å². The molecule has 7 rings (SSSR count). The van der Waals surface area contributed by atoms with Crippen LogP contribution in [0.5, 0.6) is 11.5 Å². The van der Waals surface area contributed by atoms with Crippen molar-refractivity contribution in [3.8, 4) is 11.5 Å². The zero-order valence-electron chi connectivity index (χ0n) is 25.6. The Morgan fingerprint density at radius 3 is 1.29 bits per heavy atom. The van der Waals surface area contributed by atoms with Crippen molar-refractivity contribution >= 4 is 34.2 Å². The summed E-state index contributed by atoms with van der Waals surface area (Å²) in [4.78, 5) is 36.1. The number of benzene rings is 5. The lowest BCUT2D eigenvalue weighted by atomic mass is 10.2. The van der Waals surface area contributed by atoms with Crippen LogP contribution in [0.1, 0.15) is 22.8 Å². The van der Waals surface area contributed by atoms with Crippen molar-refractivity contribution in [2.45, 2.75) is 13.2 Å². The highest BCUT2D eigenvalue weighted by Crippen LogP contribution is 2.15. The van der Waals surface area contributed by atoms with Gasteiger partial charge in [-0.3, -0.25) is 9.59 Å². The number of rotatable bonds is 10. The monoisotopic (exact) mass is 632 g/mol. The SMILES string of the molecule is O=c1c2ccccc2nc(COc2ccccc2)n1/N=C/c1ccc(/C=N/n2c(COc3ccccc3)nc3ccccc3c2=O)cc1. The first kappa shape index (κ1) is 30.0. The highest BCUT2D eigenvalue weighted by Gasteiger charge is 2.13. The van der Waals surface area contributed by atoms with Crippen molar-refractivity contribution in [1.29, 1.82) is 0 Å². The number of ether oxygens (including phenoxy) is 2. The topological polar surface area (TPSA) is 113 Å². The Hall–Kier alpha value is -6.68. The summed E-state index contributed by atoms with van der Waals surface area (Å²) in [6, 6.07) is 40.3. The Morgan fingerprint density at radius 2 is 0.875 bits per heavy atom. The molecule has 0 aliphatic carbocycles. The lowest BCUT2D eigenvalue weighted by Crippen LogP contribution is -2.23. The predicted octanol–water partition coefficient (Wildman–Crippen LogP) is 6.03. The van der Waals surface area contributed by atoms with Crippen molar-refractivity contribution in [3.63, 3.8) is 0 Å². The molecule has 7 aromatic rings. The van der Waals surface area contributed by atoms with Gasteiger partial charge in [-0.25, -0.2) is 9.97 Å². The highest BCUT2D eigenvalue weighted by atomic mass is 16.5. The maximum atomic E-state index is 13.4. The van der Waals surface area contributed by atoms with Crippen molar-refractivity contribution in [2.24, 2.45) is 10.2 Å². The van der Waals surface area contributed by atoms with E-state index in [1.165, 1.54) is 9.35 Å². The first-order valence-electron chi connectivity index (χ1n) is 15.2. The third-order valence-electron chi connectivity index (χ3n) is 7.44. The molecule has 0 radical (unpaired) electrons. The van der Waals surface area contributed by atoms with Crippen LogP contribution in [-0.4, -0.2) is 31.7 Å². The number of nitrogens with zero attached hydrogens (tertiary/aromatic N) is 6. The van der Waals surface area contributed by atoms with Crippen LogP contribution in [0.4, 0.5) is 0 Å². The fourth-order valence-corrected chi connectivity index (χ4v) is 5.01. The molecule has 0 N–H and O–H groups in total. The van der Waals surface area contributed by atoms with E-state index in [1.54, 1.807) is 48.8 Å². The number of hydrogen-bond acceptors (Lipinski definition) is 8. The number of hydrogen-bond donors (Lipinski definition) is 0. The minimum atomic E-state index is -0.297. The summed E-state index contributed by atoms with van der Waals surface area (Å²) >= 11 is 0. The van der Waals surface area contributed by atoms with E-state index in [9.17, 15) is 9.59 Å². The van der Waals surface area contributed by atoms with Gasteiger partial charge in [-0.1, -0.05) is 84.9 Å². The molecule has 10 nitrogen and oxygen atoms in total. The highest BCUT2D eigenvalue weighted by molar-refractivity contribution is 5.84. The molecule has 0 atom stereocenters. The molecule has 234 valence electrons. The van der Waals surface area contributed by atoms with E-state index in [1.807, 2.05) is 97.1 Å². The van der Waals surface area contributed by atoms with Gasteiger partial charge in [-0.05, 0) is 59.7 Å². The zero-order valence-corrected chi connectivity index (χ0v) is 25.6. The fraction of sp³-hybridized carbons (Fsp3) is 0.0526. The summed E-state index contributed by atoms with van der Waals surface area (Å²) in [6.45, 7) is 0.108. The Bertz CT molecular complexity index is 2220. The van der Waals surface area contributed by atoms with E-state index in [2.05, 4.69) is 20.2 Å². The van der Waals surface area contributed by atoms with Gasteiger partial charge in [0, 0.05) is 0 Å². The van der Waals surface area contributed by atoms with E-state index in [0.29, 0.717) is 45.0 Å². The van der Waals surface area contributed by atoms with Crippen molar-refractivity contribution in [2.75, 3.05) is 0 Å². The normalized spacial score (nSPS) is 11.5. The minimum Gasteiger partial charge on any atom is -0.486 e. The summed E-state index contributed by atoms with van der Waals surface area (Å²) in [6.07, 6.45) is 3.17. The van der Waals surface area contributed by atoms with Gasteiger partial charge < -0.3 is 9.47 Å². The summed E-state index contributed by atoms with van der Waals surface area (Å²) in [5.74, 6) is 2.05. The molecule has 0 amide bonds. The van der Waals surface area contributed by atoms with E-state index < -0.39 is 0 Å². The summed E-state index contributed by atoms with van der Waals surface area (Å²) in [5, 5.41) is 9.90. The van der Waals surface area contributed by atoms with Crippen LogP contribution >= 0.6 is 0 Å². The third kappa shape index (κ3) is 6.63. The predicted molar refractivity (Wildman–Crippen MR) is 186 cm³/mol. The molecule has 0 spiro atoms. The van der Waals surface area contributed by atoms with Crippen LogP contribution in [-0.2, 0) is 13.2 Å². The van der Waals surface area contributed by atoms with Crippen LogP contribution in [0.3, 0.4) is 0 Å². The molecule has 0 aliphatic rings. The standard InChI is InChI=1S/C38H28N6O4/c45-37-31-15-7-9-17-33(31)41-35(25-47-29-11-3-1-4-12-29)43(37)39-23-27-19-21-28(22-20-27)24-40-44-36(26-48-30-13-5-2-6-14-30)42-34-18-10-8-16-32(34)38(44)46/h1-24H,25-26H2/b39-23+,40-24+. The van der Waals surface area contributed by atoms with Crippen LogP contribution in [0.25, 0.3) is 21.8 Å². The molecule has 2 aromatic heterocycles. The maximum absolute atomic E-state index is 13.4. The number of fused-ring (bicyclic) bond motifs is 2. The van der Waals surface area contributed by atoms with Gasteiger partial charge in [0.15, 0.2) is 11.6 Å². The van der Waals surface area contributed by atoms with Crippen LogP contribution in [0.15, 0.2) is 153 Å². The van der Waals surface area contributed by atoms with Crippen LogP contribution in [0, 0.1) is 0 Å². The Balaban J connectivity index is 1.14. The van der Waals surface area contributed by atoms with E-state index in [0.717, 1.165) is 11.1 Å². The van der Waals surface area contributed by atoms with Gasteiger partial charge in [-0.2, -0.15) is 19.6 Å². The van der Waals surface area contributed by atoms with Crippen molar-refractivity contribution in [3.05, 3.63) is 177 Å². The van der Waals surface area contributed by atoms with Gasteiger partial charge in [0.05, 0.1) is 34.2 Å². The molecule has 5 aromatic carbocycles. The summed E-state index contributed by atoms with van der Waals surface area (Å²) < 4.78 is 14.3. The van der Waals surface area contributed by atoms with Crippen LogP contribution < -0.4 is 20.6 Å². The second-order valence-electron chi connectivity index (χ2n) is 10.7. The molecule has 0 fully saturated rings. The Labute approximate surface area is 274 Å². The first-order valence-corrected chi connectivity index (χ1v) is 15.2. The van der Waals surface area contributed by atoms with Crippen molar-refractivity contribution in [1.82, 2.24) is 19.3 Å².